The lowest BCUT2D eigenvalue weighted by Crippen LogP contribution is -2.54. The number of piperazine rings is 1. The van der Waals surface area contributed by atoms with Gasteiger partial charge in [0.1, 0.15) is 0 Å². The van der Waals surface area contributed by atoms with Gasteiger partial charge < -0.3 is 29.3 Å². The van der Waals surface area contributed by atoms with Gasteiger partial charge in [0, 0.05) is 26.2 Å². The van der Waals surface area contributed by atoms with Crippen molar-refractivity contribution in [3.05, 3.63) is 29.8 Å². The number of nitrogens with two attached hydrogens (primary N) is 1. The third-order valence-electron chi connectivity index (χ3n) is 5.20. The summed E-state index contributed by atoms with van der Waals surface area (Å²) in [4.78, 5) is 28.1. The van der Waals surface area contributed by atoms with Crippen molar-refractivity contribution < 1.29 is 27.9 Å². The van der Waals surface area contributed by atoms with Crippen LogP contribution in [0.15, 0.2) is 24.3 Å². The highest BCUT2D eigenvalue weighted by atomic mass is 31.2. The molecule has 1 aromatic rings. The first kappa shape index (κ1) is 26.3. The second kappa shape index (κ2) is 12.9. The summed E-state index contributed by atoms with van der Waals surface area (Å²) in [7, 11) is -3.34. The van der Waals surface area contributed by atoms with Gasteiger partial charge in [-0.1, -0.05) is 25.5 Å². The Hall–Kier alpha value is -1.93. The molecule has 2 amide bonds. The first-order chi connectivity index (χ1) is 15.3. The Kier molecular flexibility index (Phi) is 10.6. The minimum atomic E-state index is -3.34. The number of nitrogens with zero attached hydrogens (tertiary/aromatic N) is 2. The maximum Gasteiger partial charge on any atom is 0.409 e. The molecular formula is C22H36N3O6P. The van der Waals surface area contributed by atoms with Crippen molar-refractivity contribution in [3.63, 3.8) is 0 Å². The van der Waals surface area contributed by atoms with E-state index in [9.17, 15) is 14.2 Å². The average Bonchev–Trinajstić information content (AvgIpc) is 2.79. The van der Waals surface area contributed by atoms with Gasteiger partial charge >= 0.3 is 13.7 Å². The molecule has 1 aliphatic rings. The highest BCUT2D eigenvalue weighted by molar-refractivity contribution is 7.62. The molecule has 0 aliphatic carbocycles. The highest BCUT2D eigenvalue weighted by Crippen LogP contribution is 2.46. The van der Waals surface area contributed by atoms with Gasteiger partial charge in [-0.2, -0.15) is 0 Å². The first-order valence-corrected chi connectivity index (χ1v) is 12.8. The molecule has 1 heterocycles. The van der Waals surface area contributed by atoms with Crippen molar-refractivity contribution >= 4 is 24.9 Å². The quantitative estimate of drug-likeness (QED) is 0.392. The second-order valence-electron chi connectivity index (χ2n) is 7.59. The van der Waals surface area contributed by atoms with E-state index < -0.39 is 13.6 Å². The number of carbonyl (C=O) groups is 2. The number of hydrogen-bond donors (Lipinski definition) is 1. The summed E-state index contributed by atoms with van der Waals surface area (Å²) in [6, 6.07) is 6.27. The topological polar surface area (TPSA) is 111 Å². The van der Waals surface area contributed by atoms with Crippen molar-refractivity contribution in [3.8, 4) is 0 Å². The van der Waals surface area contributed by atoms with Crippen molar-refractivity contribution in [1.82, 2.24) is 9.80 Å². The predicted molar refractivity (Wildman–Crippen MR) is 123 cm³/mol. The normalized spacial score (nSPS) is 15.5. The van der Waals surface area contributed by atoms with Crippen LogP contribution in [0.5, 0.6) is 0 Å². The largest absolute Gasteiger partial charge is 0.449 e. The van der Waals surface area contributed by atoms with Crippen LogP contribution in [0.1, 0.15) is 39.2 Å². The summed E-state index contributed by atoms with van der Waals surface area (Å²) in [5.74, 6) is -0.151. The van der Waals surface area contributed by atoms with Gasteiger partial charge in [0.25, 0.3) is 0 Å². The van der Waals surface area contributed by atoms with Gasteiger partial charge in [-0.25, -0.2) is 4.79 Å². The van der Waals surface area contributed by atoms with Gasteiger partial charge in [0.2, 0.25) is 5.91 Å². The van der Waals surface area contributed by atoms with E-state index in [2.05, 4.69) is 0 Å². The van der Waals surface area contributed by atoms with Gasteiger partial charge in [-0.15, -0.1) is 0 Å². The van der Waals surface area contributed by atoms with Crippen molar-refractivity contribution in [2.45, 2.75) is 46.1 Å². The molecule has 0 aromatic heterocycles. The number of hydrogen-bond acceptors (Lipinski definition) is 7. The van der Waals surface area contributed by atoms with Crippen LogP contribution in [0.25, 0.3) is 0 Å². The van der Waals surface area contributed by atoms with Crippen molar-refractivity contribution in [2.75, 3.05) is 46.0 Å². The summed E-state index contributed by atoms with van der Waals surface area (Å²) in [6.45, 7) is 8.27. The summed E-state index contributed by atoms with van der Waals surface area (Å²) in [6.07, 6.45) is 1.83. The third-order valence-corrected chi connectivity index (χ3v) is 7.32. The summed E-state index contributed by atoms with van der Waals surface area (Å²) >= 11 is 0. The summed E-state index contributed by atoms with van der Waals surface area (Å²) in [5, 5.41) is 0.479. The molecule has 1 fully saturated rings. The lowest BCUT2D eigenvalue weighted by molar-refractivity contribution is -0.134. The van der Waals surface area contributed by atoms with E-state index in [1.165, 1.54) is 0 Å². The Morgan fingerprint density at radius 3 is 2.09 bits per heavy atom. The van der Waals surface area contributed by atoms with E-state index >= 15 is 0 Å². The molecule has 1 unspecified atom stereocenters. The zero-order valence-corrected chi connectivity index (χ0v) is 20.2. The maximum atomic E-state index is 12.8. The molecule has 1 aliphatic heterocycles. The van der Waals surface area contributed by atoms with E-state index in [4.69, 9.17) is 19.5 Å². The summed E-state index contributed by atoms with van der Waals surface area (Å²) < 4.78 is 28.8. The molecule has 1 saturated heterocycles. The van der Waals surface area contributed by atoms with Gasteiger partial charge in [0.15, 0.2) is 0 Å². The van der Waals surface area contributed by atoms with Gasteiger partial charge in [-0.05, 0) is 44.4 Å². The van der Waals surface area contributed by atoms with Crippen LogP contribution in [-0.4, -0.2) is 73.8 Å². The molecule has 32 heavy (non-hydrogen) atoms. The van der Waals surface area contributed by atoms with E-state index in [0.29, 0.717) is 44.5 Å². The van der Waals surface area contributed by atoms with Crippen LogP contribution in [0.4, 0.5) is 4.79 Å². The van der Waals surface area contributed by atoms with E-state index in [1.54, 1.807) is 47.9 Å². The fraction of sp³-hybridized carbons (Fsp3) is 0.636. The smallest absolute Gasteiger partial charge is 0.409 e. The molecular weight excluding hydrogens is 433 g/mol. The molecule has 2 N–H and O–H groups in total. The zero-order valence-electron chi connectivity index (χ0n) is 19.3. The van der Waals surface area contributed by atoms with Crippen LogP contribution >= 0.6 is 7.60 Å². The molecule has 0 bridgehead atoms. The predicted octanol–water partition coefficient (Wildman–Crippen LogP) is 2.53. The van der Waals surface area contributed by atoms with Gasteiger partial charge in [0.05, 0.1) is 31.2 Å². The molecule has 180 valence electrons. The highest BCUT2D eigenvalue weighted by Gasteiger charge is 2.29. The molecule has 1 atom stereocenters. The lowest BCUT2D eigenvalue weighted by Gasteiger charge is -2.35. The minimum Gasteiger partial charge on any atom is -0.449 e. The maximum absolute atomic E-state index is 12.8. The van der Waals surface area contributed by atoms with Crippen LogP contribution in [-0.2, 0) is 29.6 Å². The monoisotopic (exact) mass is 469 g/mol. The fourth-order valence-corrected chi connectivity index (χ4v) is 4.99. The number of benzene rings is 1. The minimum absolute atomic E-state index is 0.151. The number of rotatable bonds is 11. The van der Waals surface area contributed by atoms with Gasteiger partial charge in [-0.3, -0.25) is 9.36 Å². The number of unbranched alkanes of at least 4 members (excludes halogenated alkanes) is 1. The third kappa shape index (κ3) is 7.30. The number of ether oxygens (including phenoxy) is 1. The zero-order chi connectivity index (χ0) is 23.6. The standard InChI is InChI=1S/C22H36N3O6P/c1-4-7-16-29-22(27)25-14-12-24(13-15-25)21(26)20(23)17-18-8-10-19(11-9-18)32(28,30-5-2)31-6-3/h8-11,20H,4-7,12-17,23H2,1-3H3. The lowest BCUT2D eigenvalue weighted by atomic mass is 10.1. The summed E-state index contributed by atoms with van der Waals surface area (Å²) in [5.41, 5.74) is 7.03. The molecule has 2 rings (SSSR count). The molecule has 10 heteroatoms. The second-order valence-corrected chi connectivity index (χ2v) is 9.62. The number of carbonyl (C=O) groups excluding carboxylic acids is 2. The van der Waals surface area contributed by atoms with Crippen LogP contribution < -0.4 is 11.0 Å². The Bertz CT molecular complexity index is 770. The van der Waals surface area contributed by atoms with Crippen LogP contribution in [0.2, 0.25) is 0 Å². The molecule has 1 aromatic carbocycles. The molecule has 0 radical (unpaired) electrons. The average molecular weight is 470 g/mol. The van der Waals surface area contributed by atoms with Crippen molar-refractivity contribution in [1.29, 1.82) is 0 Å². The SMILES string of the molecule is CCCCOC(=O)N1CCN(C(=O)C(N)Cc2ccc(P(=O)(OCC)OCC)cc2)CC1. The van der Waals surface area contributed by atoms with E-state index in [1.807, 2.05) is 6.92 Å². The van der Waals surface area contributed by atoms with Crippen LogP contribution in [0, 0.1) is 0 Å². The van der Waals surface area contributed by atoms with Crippen molar-refractivity contribution in [2.24, 2.45) is 5.73 Å². The Morgan fingerprint density at radius 2 is 1.56 bits per heavy atom. The molecule has 0 spiro atoms. The molecule has 9 nitrogen and oxygen atoms in total. The Morgan fingerprint density at radius 1 is 1.00 bits per heavy atom. The Balaban J connectivity index is 1.87. The van der Waals surface area contributed by atoms with E-state index in [0.717, 1.165) is 18.4 Å². The Labute approximate surface area is 190 Å². The van der Waals surface area contributed by atoms with E-state index in [-0.39, 0.29) is 25.2 Å². The number of amides is 2. The first-order valence-electron chi connectivity index (χ1n) is 11.3. The fourth-order valence-electron chi connectivity index (χ4n) is 3.42. The molecule has 0 saturated carbocycles. The van der Waals surface area contributed by atoms with Crippen LogP contribution in [0.3, 0.4) is 0 Å².